The zero-order chi connectivity index (χ0) is 0. The van der Waals surface area contributed by atoms with Crippen LogP contribution < -0.4 is 0 Å². The molecule has 0 aliphatic heterocycles. The molecule has 0 aromatic carbocycles. The number of hydrogen-bond acceptors (Lipinski definition) is 0. The quantitative estimate of drug-likeness (QED) is 0.320. The second kappa shape index (κ2) is 69.3. The number of rotatable bonds is 0. The van der Waals surface area contributed by atoms with Gasteiger partial charge in [0.25, 0.3) is 0 Å². The summed E-state index contributed by atoms with van der Waals surface area (Å²) in [6.07, 6.45) is 0. The van der Waals surface area contributed by atoms with Gasteiger partial charge in [0, 0.05) is 0 Å². The average molecular weight is 242 g/mol. The van der Waals surface area contributed by atoms with E-state index in [0.29, 0.717) is 0 Å². The van der Waals surface area contributed by atoms with Gasteiger partial charge in [-0.05, 0) is 0 Å². The molecule has 0 saturated carbocycles. The van der Waals surface area contributed by atoms with Crippen LogP contribution in [0.5, 0.6) is 0 Å². The molecular formula is H11CaIO4. The van der Waals surface area contributed by atoms with Gasteiger partial charge in [0.15, 0.2) is 0 Å². The molecule has 0 atom stereocenters. The van der Waals surface area contributed by atoms with Gasteiger partial charge in [0.1, 0.15) is 0 Å². The molecule has 0 rings (SSSR count). The Morgan fingerprint density at radius 1 is 0.667 bits per heavy atom. The van der Waals surface area contributed by atoms with E-state index in [1.54, 1.807) is 0 Å². The average Bonchev–Trinajstić information content (AvgIpc) is 0. The minimum atomic E-state index is 0. The topological polar surface area (TPSA) is 126 Å². The molecule has 0 saturated heterocycles. The predicted octanol–water partition coefficient (Wildman–Crippen LogP) is -2.84. The summed E-state index contributed by atoms with van der Waals surface area (Å²) in [5, 5.41) is 0. The van der Waals surface area contributed by atoms with Crippen LogP contribution >= 0.6 is 24.0 Å². The summed E-state index contributed by atoms with van der Waals surface area (Å²) in [4.78, 5) is 0. The third-order valence-corrected chi connectivity index (χ3v) is 0. The van der Waals surface area contributed by atoms with Gasteiger partial charge in [-0.15, -0.1) is 24.0 Å². The molecular weight excluding hydrogens is 231 g/mol. The second-order valence-electron chi connectivity index (χ2n) is 0. The van der Waals surface area contributed by atoms with Gasteiger partial charge in [0.05, 0.1) is 0 Å². The van der Waals surface area contributed by atoms with Gasteiger partial charge in [0.2, 0.25) is 0 Å². The largest absolute Gasteiger partial charge is 2.00 e. The van der Waals surface area contributed by atoms with Gasteiger partial charge in [-0.1, -0.05) is 0 Å². The van der Waals surface area contributed by atoms with Crippen LogP contribution in [-0.2, 0) is 0 Å². The van der Waals surface area contributed by atoms with Crippen LogP contribution in [0.3, 0.4) is 0 Å². The Balaban J connectivity index is 0. The summed E-state index contributed by atoms with van der Waals surface area (Å²) in [6, 6.07) is 0. The fourth-order valence-electron chi connectivity index (χ4n) is 0. The summed E-state index contributed by atoms with van der Waals surface area (Å²) < 4.78 is 0. The van der Waals surface area contributed by atoms with Crippen LogP contribution in [0.4, 0.5) is 0 Å². The summed E-state index contributed by atoms with van der Waals surface area (Å²) in [7, 11) is 0. The van der Waals surface area contributed by atoms with E-state index in [0.717, 1.165) is 0 Å². The van der Waals surface area contributed by atoms with Crippen molar-refractivity contribution in [1.82, 2.24) is 0 Å². The third kappa shape index (κ3) is 40.6. The molecule has 6 heteroatoms. The Morgan fingerprint density at radius 3 is 0.667 bits per heavy atom. The zero-order valence-corrected chi connectivity index (χ0v) is 7.65. The maximum Gasteiger partial charge on any atom is 2.00 e. The van der Waals surface area contributed by atoms with Crippen molar-refractivity contribution in [3.05, 3.63) is 0 Å². The van der Waals surface area contributed by atoms with Crippen molar-refractivity contribution in [2.75, 3.05) is 0 Å². The van der Waals surface area contributed by atoms with Crippen LogP contribution in [-0.4, -0.2) is 59.6 Å². The molecule has 6 heavy (non-hydrogen) atoms. The zero-order valence-electron chi connectivity index (χ0n) is 5.12. The second-order valence-corrected chi connectivity index (χ2v) is 0. The van der Waals surface area contributed by atoms with E-state index in [9.17, 15) is 0 Å². The molecule has 44 valence electrons. The summed E-state index contributed by atoms with van der Waals surface area (Å²) >= 11 is 0. The van der Waals surface area contributed by atoms with E-state index < -0.39 is 0 Å². The van der Waals surface area contributed by atoms with Crippen molar-refractivity contribution in [2.45, 2.75) is 0 Å². The Morgan fingerprint density at radius 2 is 0.667 bits per heavy atom. The van der Waals surface area contributed by atoms with Crippen molar-refractivity contribution in [3.8, 4) is 0 Å². The molecule has 0 aliphatic rings. The first kappa shape index (κ1) is 109. The standard InChI is InChI=1S/Ca.HI.4H2O.2H/h;1H;4*1H2;;/q+2;;;;;;2*-1. The molecule has 0 aliphatic carbocycles. The van der Waals surface area contributed by atoms with Crippen molar-refractivity contribution in [1.29, 1.82) is 0 Å². The summed E-state index contributed by atoms with van der Waals surface area (Å²) in [5.41, 5.74) is 0. The third-order valence-electron chi connectivity index (χ3n) is 0. The van der Waals surface area contributed by atoms with Gasteiger partial charge in [-0.25, -0.2) is 0 Å². The number of hydrogen-bond donors (Lipinski definition) is 0. The van der Waals surface area contributed by atoms with Crippen LogP contribution in [0.1, 0.15) is 2.85 Å². The maximum atomic E-state index is 0. The fraction of sp³-hybridized carbons (Fsp3) is 0. The minimum Gasteiger partial charge on any atom is -1.00 e. The van der Waals surface area contributed by atoms with Gasteiger partial charge >= 0.3 is 37.7 Å². The fourth-order valence-corrected chi connectivity index (χ4v) is 0. The smallest absolute Gasteiger partial charge is 1.00 e. The molecule has 0 bridgehead atoms. The minimum absolute atomic E-state index is 0. The summed E-state index contributed by atoms with van der Waals surface area (Å²) in [6.45, 7) is 0. The van der Waals surface area contributed by atoms with E-state index in [1.807, 2.05) is 0 Å². The monoisotopic (exact) mass is 242 g/mol. The van der Waals surface area contributed by atoms with Gasteiger partial charge in [-0.3, -0.25) is 0 Å². The molecule has 0 aromatic heterocycles. The molecule has 0 aromatic rings. The molecule has 0 spiro atoms. The molecule has 4 nitrogen and oxygen atoms in total. The van der Waals surface area contributed by atoms with E-state index in [-0.39, 0.29) is 86.5 Å². The molecule has 0 fully saturated rings. The maximum absolute atomic E-state index is 0. The van der Waals surface area contributed by atoms with Crippen molar-refractivity contribution in [2.24, 2.45) is 0 Å². The van der Waals surface area contributed by atoms with E-state index in [2.05, 4.69) is 0 Å². The van der Waals surface area contributed by atoms with Crippen molar-refractivity contribution >= 4 is 61.7 Å². The number of halogens is 1. The Kier molecular flexibility index (Phi) is 1260. The normalized spacial score (nSPS) is 0. The van der Waals surface area contributed by atoms with Crippen molar-refractivity contribution in [3.63, 3.8) is 0 Å². The van der Waals surface area contributed by atoms with Crippen LogP contribution in [0.15, 0.2) is 0 Å². The summed E-state index contributed by atoms with van der Waals surface area (Å²) in [5.74, 6) is 0. The SMILES string of the molecule is I.O.O.O.O.[Ca+2].[H-].[H-]. The van der Waals surface area contributed by atoms with E-state index >= 15 is 0 Å². The van der Waals surface area contributed by atoms with Gasteiger partial charge in [-0.2, -0.15) is 0 Å². The first-order valence-corrected chi connectivity index (χ1v) is 0. The molecule has 0 heterocycles. The molecule has 8 N–H and O–H groups in total. The van der Waals surface area contributed by atoms with E-state index in [1.165, 1.54) is 0 Å². The van der Waals surface area contributed by atoms with Crippen LogP contribution in [0.25, 0.3) is 0 Å². The van der Waals surface area contributed by atoms with Gasteiger partial charge < -0.3 is 24.8 Å². The Labute approximate surface area is 85.5 Å². The first-order valence-electron chi connectivity index (χ1n) is 0. The Bertz CT molecular complexity index is 14.0. The van der Waals surface area contributed by atoms with Crippen LogP contribution in [0, 0.1) is 0 Å². The van der Waals surface area contributed by atoms with Crippen LogP contribution in [0.2, 0.25) is 0 Å². The van der Waals surface area contributed by atoms with Crippen molar-refractivity contribution < 1.29 is 24.8 Å². The molecule has 0 radical (unpaired) electrons. The molecule has 0 unspecified atom stereocenters. The predicted molar refractivity (Wildman–Crippen MR) is 37.8 cm³/mol. The molecule has 0 amide bonds. The first-order chi connectivity index (χ1) is 0. The van der Waals surface area contributed by atoms with E-state index in [4.69, 9.17) is 0 Å². The Hall–Kier alpha value is 1.83.